The van der Waals surface area contributed by atoms with E-state index in [0.717, 1.165) is 36.9 Å². The first-order valence-corrected chi connectivity index (χ1v) is 8.91. The molecule has 1 aromatic carbocycles. The van der Waals surface area contributed by atoms with E-state index in [2.05, 4.69) is 34.9 Å². The van der Waals surface area contributed by atoms with Crippen molar-refractivity contribution < 1.29 is 9.59 Å². The lowest BCUT2D eigenvalue weighted by molar-refractivity contribution is -0.139. The molecule has 0 bridgehead atoms. The van der Waals surface area contributed by atoms with Crippen LogP contribution in [0.3, 0.4) is 0 Å². The maximum atomic E-state index is 12.1. The van der Waals surface area contributed by atoms with E-state index in [-0.39, 0.29) is 12.1 Å². The summed E-state index contributed by atoms with van der Waals surface area (Å²) in [5, 5.41) is 5.59. The van der Waals surface area contributed by atoms with Gasteiger partial charge in [-0.15, -0.1) is 0 Å². The van der Waals surface area contributed by atoms with Gasteiger partial charge in [0.1, 0.15) is 0 Å². The number of nitrogens with one attached hydrogen (secondary N) is 2. The summed E-state index contributed by atoms with van der Waals surface area (Å²) in [5.41, 5.74) is 2.23. The standard InChI is InChI=1S/C19H30N4O2/c1-22(2)16-11-9-14(10-12-16)17(23(3)4)13-20-18(24)19(25)21-15-7-5-6-8-15/h9-12,15,17H,5-8,13H2,1-4H3,(H,20,24)(H,21,25). The number of carbonyl (C=O) groups is 2. The van der Waals surface area contributed by atoms with E-state index in [4.69, 9.17) is 0 Å². The molecule has 1 aliphatic rings. The molecule has 1 saturated carbocycles. The lowest BCUT2D eigenvalue weighted by atomic mass is 10.1. The summed E-state index contributed by atoms with van der Waals surface area (Å²) in [4.78, 5) is 28.2. The first-order valence-electron chi connectivity index (χ1n) is 8.91. The Morgan fingerprint density at radius 1 is 1.04 bits per heavy atom. The van der Waals surface area contributed by atoms with Crippen molar-refractivity contribution in [1.29, 1.82) is 0 Å². The molecule has 0 saturated heterocycles. The maximum absolute atomic E-state index is 12.1. The zero-order valence-corrected chi connectivity index (χ0v) is 15.7. The molecule has 6 nitrogen and oxygen atoms in total. The van der Waals surface area contributed by atoms with Gasteiger partial charge in [-0.05, 0) is 44.6 Å². The number of nitrogens with zero attached hydrogens (tertiary/aromatic N) is 2. The number of rotatable bonds is 6. The molecule has 0 spiro atoms. The quantitative estimate of drug-likeness (QED) is 0.767. The molecule has 2 rings (SSSR count). The largest absolute Gasteiger partial charge is 0.378 e. The third-order valence-corrected chi connectivity index (χ3v) is 4.77. The summed E-state index contributed by atoms with van der Waals surface area (Å²) in [6, 6.07) is 8.40. The highest BCUT2D eigenvalue weighted by Crippen LogP contribution is 2.21. The molecule has 0 radical (unpaired) electrons. The zero-order chi connectivity index (χ0) is 18.4. The molecule has 1 aromatic rings. The van der Waals surface area contributed by atoms with Crippen molar-refractivity contribution in [2.75, 3.05) is 39.6 Å². The molecule has 1 unspecified atom stereocenters. The summed E-state index contributed by atoms with van der Waals surface area (Å²) in [6.45, 7) is 0.394. The number of hydrogen-bond acceptors (Lipinski definition) is 4. The second-order valence-electron chi connectivity index (χ2n) is 7.13. The Morgan fingerprint density at radius 2 is 1.64 bits per heavy atom. The first-order chi connectivity index (χ1) is 11.9. The number of likely N-dealkylation sites (N-methyl/N-ethyl adjacent to an activating group) is 1. The van der Waals surface area contributed by atoms with E-state index in [1.807, 2.05) is 38.0 Å². The molecule has 1 aliphatic carbocycles. The topological polar surface area (TPSA) is 64.7 Å². The van der Waals surface area contributed by atoms with Crippen molar-refractivity contribution in [2.24, 2.45) is 0 Å². The fourth-order valence-corrected chi connectivity index (χ4v) is 3.18. The summed E-state index contributed by atoms with van der Waals surface area (Å²) in [5.74, 6) is -1.07. The minimum atomic E-state index is -0.552. The van der Waals surface area contributed by atoms with Crippen molar-refractivity contribution in [1.82, 2.24) is 15.5 Å². The van der Waals surface area contributed by atoms with Crippen LogP contribution < -0.4 is 15.5 Å². The second kappa shape index (κ2) is 8.85. The average Bonchev–Trinajstić information content (AvgIpc) is 3.07. The molecule has 0 aromatic heterocycles. The van der Waals surface area contributed by atoms with Crippen LogP contribution in [0.4, 0.5) is 5.69 Å². The fraction of sp³-hybridized carbons (Fsp3) is 0.579. The van der Waals surface area contributed by atoms with Crippen LogP contribution in [0.25, 0.3) is 0 Å². The molecule has 2 N–H and O–H groups in total. The van der Waals surface area contributed by atoms with Gasteiger partial charge in [-0.2, -0.15) is 0 Å². The number of anilines is 1. The van der Waals surface area contributed by atoms with Gasteiger partial charge >= 0.3 is 11.8 Å². The van der Waals surface area contributed by atoms with Crippen molar-refractivity contribution in [3.05, 3.63) is 29.8 Å². The number of hydrogen-bond donors (Lipinski definition) is 2. The lowest BCUT2D eigenvalue weighted by Gasteiger charge is -2.25. The minimum Gasteiger partial charge on any atom is -0.378 e. The molecular formula is C19H30N4O2. The third-order valence-electron chi connectivity index (χ3n) is 4.77. The number of benzene rings is 1. The Balaban J connectivity index is 1.92. The summed E-state index contributed by atoms with van der Waals surface area (Å²) < 4.78 is 0. The van der Waals surface area contributed by atoms with Crippen LogP contribution in [0.2, 0.25) is 0 Å². The van der Waals surface area contributed by atoms with Gasteiger partial charge in [0.2, 0.25) is 0 Å². The second-order valence-corrected chi connectivity index (χ2v) is 7.13. The van der Waals surface area contributed by atoms with E-state index in [9.17, 15) is 9.59 Å². The van der Waals surface area contributed by atoms with Gasteiger partial charge in [-0.3, -0.25) is 9.59 Å². The van der Waals surface area contributed by atoms with Crippen LogP contribution in [0, 0.1) is 0 Å². The Kier molecular flexibility index (Phi) is 6.82. The molecular weight excluding hydrogens is 316 g/mol. The molecule has 25 heavy (non-hydrogen) atoms. The summed E-state index contributed by atoms with van der Waals surface area (Å²) in [7, 11) is 7.94. The van der Waals surface area contributed by atoms with Crippen molar-refractivity contribution in [2.45, 2.75) is 37.8 Å². The van der Waals surface area contributed by atoms with Crippen molar-refractivity contribution in [3.63, 3.8) is 0 Å². The van der Waals surface area contributed by atoms with E-state index in [1.54, 1.807) is 0 Å². The normalized spacial score (nSPS) is 15.9. The monoisotopic (exact) mass is 346 g/mol. The van der Waals surface area contributed by atoms with E-state index in [1.165, 1.54) is 0 Å². The highest BCUT2D eigenvalue weighted by atomic mass is 16.2. The van der Waals surface area contributed by atoms with Crippen molar-refractivity contribution in [3.8, 4) is 0 Å². The summed E-state index contributed by atoms with van der Waals surface area (Å²) >= 11 is 0. The Labute approximate surface area is 150 Å². The van der Waals surface area contributed by atoms with E-state index < -0.39 is 11.8 Å². The average molecular weight is 346 g/mol. The van der Waals surface area contributed by atoms with E-state index >= 15 is 0 Å². The van der Waals surface area contributed by atoms with Gasteiger partial charge in [-0.25, -0.2) is 0 Å². The molecule has 0 heterocycles. The maximum Gasteiger partial charge on any atom is 0.309 e. The number of carbonyl (C=O) groups excluding carboxylic acids is 2. The Morgan fingerprint density at radius 3 is 2.16 bits per heavy atom. The summed E-state index contributed by atoms with van der Waals surface area (Å²) in [6.07, 6.45) is 4.19. The van der Waals surface area contributed by atoms with Gasteiger partial charge in [0.05, 0.1) is 6.04 Å². The minimum absolute atomic E-state index is 0.0134. The molecule has 1 atom stereocenters. The third kappa shape index (κ3) is 5.46. The van der Waals surface area contributed by atoms with Gasteiger partial charge in [0.25, 0.3) is 0 Å². The zero-order valence-electron chi connectivity index (χ0n) is 15.7. The molecule has 138 valence electrons. The molecule has 2 amide bonds. The van der Waals surface area contributed by atoms with Gasteiger partial charge in [0.15, 0.2) is 0 Å². The smallest absolute Gasteiger partial charge is 0.309 e. The highest BCUT2D eigenvalue weighted by molar-refractivity contribution is 6.35. The first kappa shape index (κ1) is 19.2. The van der Waals surface area contributed by atoms with Gasteiger partial charge in [0, 0.05) is 32.4 Å². The van der Waals surface area contributed by atoms with Crippen LogP contribution in [0.1, 0.15) is 37.3 Å². The molecule has 6 heteroatoms. The van der Waals surface area contributed by atoms with Crippen LogP contribution in [0.15, 0.2) is 24.3 Å². The van der Waals surface area contributed by atoms with Crippen molar-refractivity contribution >= 4 is 17.5 Å². The van der Waals surface area contributed by atoms with Crippen LogP contribution in [-0.2, 0) is 9.59 Å². The number of amides is 2. The van der Waals surface area contributed by atoms with Crippen LogP contribution in [-0.4, -0.2) is 57.5 Å². The van der Waals surface area contributed by atoms with Crippen LogP contribution in [0.5, 0.6) is 0 Å². The lowest BCUT2D eigenvalue weighted by Crippen LogP contribution is -2.45. The molecule has 1 fully saturated rings. The molecule has 0 aliphatic heterocycles. The van der Waals surface area contributed by atoms with Gasteiger partial charge < -0.3 is 20.4 Å². The van der Waals surface area contributed by atoms with Crippen LogP contribution >= 0.6 is 0 Å². The van der Waals surface area contributed by atoms with Gasteiger partial charge in [-0.1, -0.05) is 25.0 Å². The highest BCUT2D eigenvalue weighted by Gasteiger charge is 2.22. The predicted octanol–water partition coefficient (Wildman–Crippen LogP) is 1.53. The van der Waals surface area contributed by atoms with E-state index in [0.29, 0.717) is 6.54 Å². The SMILES string of the molecule is CN(C)c1ccc(C(CNC(=O)C(=O)NC2CCCC2)N(C)C)cc1. The fourth-order valence-electron chi connectivity index (χ4n) is 3.18. The predicted molar refractivity (Wildman–Crippen MR) is 101 cm³/mol. The Hall–Kier alpha value is -2.08. The Bertz CT molecular complexity index is 578.